The third kappa shape index (κ3) is 5.01. The number of hydrogen-bond donors (Lipinski definition) is 1. The molecule has 3 heterocycles. The summed E-state index contributed by atoms with van der Waals surface area (Å²) in [6.45, 7) is 11.6. The van der Waals surface area contributed by atoms with Crippen molar-refractivity contribution in [2.45, 2.75) is 77.3 Å². The van der Waals surface area contributed by atoms with Gasteiger partial charge in [0.1, 0.15) is 0 Å². The van der Waals surface area contributed by atoms with E-state index in [2.05, 4.69) is 96.0 Å². The van der Waals surface area contributed by atoms with E-state index in [1.165, 1.54) is 16.5 Å². The van der Waals surface area contributed by atoms with E-state index in [0.717, 1.165) is 31.6 Å². The van der Waals surface area contributed by atoms with Gasteiger partial charge in [0.05, 0.1) is 12.2 Å². The van der Waals surface area contributed by atoms with Gasteiger partial charge in [0.25, 0.3) is 0 Å². The third-order valence-corrected chi connectivity index (χ3v) is 6.28. The van der Waals surface area contributed by atoms with Crippen molar-refractivity contribution in [3.8, 4) is 12.3 Å². The number of para-hydroxylation sites is 1. The first kappa shape index (κ1) is 21.6. The second-order valence-electron chi connectivity index (χ2n) is 10.2. The van der Waals surface area contributed by atoms with E-state index in [1.54, 1.807) is 0 Å². The fraction of sp³-hybridized carbons (Fsp3) is 0.444. The average molecular weight is 415 g/mol. The molecule has 0 spiro atoms. The Hall–Kier alpha value is -2.61. The van der Waals surface area contributed by atoms with Crippen LogP contribution in [-0.4, -0.2) is 31.6 Å². The number of terminal acetylenes is 1. The number of rotatable bonds is 6. The van der Waals surface area contributed by atoms with Crippen molar-refractivity contribution >= 4 is 10.9 Å². The monoisotopic (exact) mass is 414 g/mol. The Bertz CT molecular complexity index is 1060. The SMILES string of the molecule is C#CCn1cc(CN(Cc2ccccn2)C2CC(C)(C)NC(C)(C)C2)c2ccccc21. The van der Waals surface area contributed by atoms with Gasteiger partial charge < -0.3 is 9.88 Å². The highest BCUT2D eigenvalue weighted by Gasteiger charge is 2.40. The van der Waals surface area contributed by atoms with Crippen molar-refractivity contribution in [3.63, 3.8) is 0 Å². The predicted molar refractivity (Wildman–Crippen MR) is 129 cm³/mol. The minimum absolute atomic E-state index is 0.0895. The van der Waals surface area contributed by atoms with Crippen molar-refractivity contribution in [2.75, 3.05) is 0 Å². The topological polar surface area (TPSA) is 33.1 Å². The molecular formula is C27H34N4. The summed E-state index contributed by atoms with van der Waals surface area (Å²) in [6, 6.07) is 15.2. The summed E-state index contributed by atoms with van der Waals surface area (Å²) < 4.78 is 2.19. The van der Waals surface area contributed by atoms with E-state index in [0.29, 0.717) is 12.6 Å². The second kappa shape index (κ2) is 8.49. The number of benzene rings is 1. The van der Waals surface area contributed by atoms with Gasteiger partial charge in [-0.25, -0.2) is 0 Å². The Morgan fingerprint density at radius 2 is 1.77 bits per heavy atom. The van der Waals surface area contributed by atoms with Gasteiger partial charge in [-0.3, -0.25) is 9.88 Å². The number of pyridine rings is 1. The molecule has 4 heteroatoms. The molecule has 0 aliphatic carbocycles. The minimum Gasteiger partial charge on any atom is -0.336 e. The first-order valence-electron chi connectivity index (χ1n) is 11.2. The van der Waals surface area contributed by atoms with E-state index < -0.39 is 0 Å². The minimum atomic E-state index is 0.0895. The lowest BCUT2D eigenvalue weighted by Crippen LogP contribution is -2.62. The van der Waals surface area contributed by atoms with Crippen LogP contribution < -0.4 is 5.32 Å². The highest BCUT2D eigenvalue weighted by molar-refractivity contribution is 5.84. The van der Waals surface area contributed by atoms with Gasteiger partial charge >= 0.3 is 0 Å². The van der Waals surface area contributed by atoms with Crippen LogP contribution >= 0.6 is 0 Å². The number of nitrogens with zero attached hydrogens (tertiary/aromatic N) is 3. The molecule has 4 rings (SSSR count). The average Bonchev–Trinajstić information content (AvgIpc) is 3.04. The van der Waals surface area contributed by atoms with E-state index in [4.69, 9.17) is 6.42 Å². The fourth-order valence-electron chi connectivity index (χ4n) is 5.44. The van der Waals surface area contributed by atoms with Crippen LogP contribution in [0.5, 0.6) is 0 Å². The molecular weight excluding hydrogens is 380 g/mol. The smallest absolute Gasteiger partial charge is 0.0835 e. The van der Waals surface area contributed by atoms with E-state index in [9.17, 15) is 0 Å². The number of fused-ring (bicyclic) bond motifs is 1. The van der Waals surface area contributed by atoms with Crippen LogP contribution in [0.2, 0.25) is 0 Å². The Balaban J connectivity index is 1.70. The molecule has 0 amide bonds. The van der Waals surface area contributed by atoms with Crippen molar-refractivity contribution in [1.29, 1.82) is 0 Å². The zero-order valence-electron chi connectivity index (χ0n) is 19.2. The molecule has 1 N–H and O–H groups in total. The van der Waals surface area contributed by atoms with Gasteiger partial charge in [-0.1, -0.05) is 30.2 Å². The molecule has 0 atom stereocenters. The summed E-state index contributed by atoms with van der Waals surface area (Å²) >= 11 is 0. The van der Waals surface area contributed by atoms with Crippen LogP contribution in [-0.2, 0) is 19.6 Å². The van der Waals surface area contributed by atoms with E-state index in [-0.39, 0.29) is 11.1 Å². The summed E-state index contributed by atoms with van der Waals surface area (Å²) in [6.07, 6.45) is 12.0. The van der Waals surface area contributed by atoms with Crippen LogP contribution in [0.3, 0.4) is 0 Å². The molecule has 31 heavy (non-hydrogen) atoms. The standard InChI is InChI=1S/C27H34N4/c1-6-15-30-18-21(24-12-7-8-13-25(24)30)19-31(20-22-11-9-10-14-28-22)23-16-26(2,3)29-27(4,5)17-23/h1,7-14,18,23,29H,15-17,19-20H2,2-5H3. The maximum absolute atomic E-state index is 5.64. The lowest BCUT2D eigenvalue weighted by atomic mass is 9.79. The molecule has 0 radical (unpaired) electrons. The zero-order chi connectivity index (χ0) is 22.1. The highest BCUT2D eigenvalue weighted by atomic mass is 15.2. The summed E-state index contributed by atoms with van der Waals surface area (Å²) in [4.78, 5) is 7.26. The highest BCUT2D eigenvalue weighted by Crippen LogP contribution is 2.34. The molecule has 2 aromatic heterocycles. The Morgan fingerprint density at radius 1 is 1.06 bits per heavy atom. The Labute approximate surface area is 186 Å². The quantitative estimate of drug-likeness (QED) is 0.578. The Kier molecular flexibility index (Phi) is 5.92. The summed E-state index contributed by atoms with van der Waals surface area (Å²) in [5.74, 6) is 2.80. The summed E-state index contributed by atoms with van der Waals surface area (Å²) in [5, 5.41) is 5.11. The van der Waals surface area contributed by atoms with Crippen LogP contribution in [0.25, 0.3) is 10.9 Å². The molecule has 0 saturated carbocycles. The molecule has 162 valence electrons. The van der Waals surface area contributed by atoms with E-state index >= 15 is 0 Å². The van der Waals surface area contributed by atoms with Crippen molar-refractivity contribution in [2.24, 2.45) is 0 Å². The summed E-state index contributed by atoms with van der Waals surface area (Å²) in [5.41, 5.74) is 3.83. The molecule has 1 fully saturated rings. The molecule has 1 aromatic carbocycles. The molecule has 4 nitrogen and oxygen atoms in total. The number of hydrogen-bond acceptors (Lipinski definition) is 3. The predicted octanol–water partition coefficient (Wildman–Crippen LogP) is 4.98. The lowest BCUT2D eigenvalue weighted by molar-refractivity contribution is 0.0558. The van der Waals surface area contributed by atoms with Crippen molar-refractivity contribution in [3.05, 3.63) is 66.1 Å². The summed E-state index contributed by atoms with van der Waals surface area (Å²) in [7, 11) is 0. The molecule has 0 unspecified atom stereocenters. The van der Waals surface area contributed by atoms with Gasteiger partial charge in [0.2, 0.25) is 0 Å². The molecule has 1 aliphatic heterocycles. The second-order valence-corrected chi connectivity index (χ2v) is 10.2. The zero-order valence-corrected chi connectivity index (χ0v) is 19.2. The molecule has 1 aliphatic rings. The number of piperidine rings is 1. The van der Waals surface area contributed by atoms with Crippen molar-refractivity contribution < 1.29 is 0 Å². The first-order chi connectivity index (χ1) is 14.8. The Morgan fingerprint density at radius 3 is 2.45 bits per heavy atom. The number of aromatic nitrogens is 2. The molecule has 3 aromatic rings. The maximum atomic E-state index is 5.64. The first-order valence-corrected chi connectivity index (χ1v) is 11.2. The largest absolute Gasteiger partial charge is 0.336 e. The van der Waals surface area contributed by atoms with Gasteiger partial charge in [-0.15, -0.1) is 6.42 Å². The van der Waals surface area contributed by atoms with Gasteiger partial charge in [-0.05, 0) is 64.3 Å². The van der Waals surface area contributed by atoms with Crippen LogP contribution in [0, 0.1) is 12.3 Å². The van der Waals surface area contributed by atoms with Gasteiger partial charge in [0, 0.05) is 53.5 Å². The van der Waals surface area contributed by atoms with E-state index in [1.807, 2.05) is 12.3 Å². The van der Waals surface area contributed by atoms with Gasteiger partial charge in [0.15, 0.2) is 0 Å². The van der Waals surface area contributed by atoms with Crippen LogP contribution in [0.4, 0.5) is 0 Å². The number of nitrogens with one attached hydrogen (secondary N) is 1. The third-order valence-electron chi connectivity index (χ3n) is 6.28. The van der Waals surface area contributed by atoms with Gasteiger partial charge in [-0.2, -0.15) is 0 Å². The van der Waals surface area contributed by atoms with Crippen molar-refractivity contribution in [1.82, 2.24) is 19.8 Å². The van der Waals surface area contributed by atoms with Crippen LogP contribution in [0.1, 0.15) is 51.8 Å². The fourth-order valence-corrected chi connectivity index (χ4v) is 5.44. The molecule has 0 bridgehead atoms. The van der Waals surface area contributed by atoms with Crippen LogP contribution in [0.15, 0.2) is 54.9 Å². The lowest BCUT2D eigenvalue weighted by Gasteiger charge is -2.49. The normalized spacial score (nSPS) is 18.3. The maximum Gasteiger partial charge on any atom is 0.0835 e. The molecule has 1 saturated heterocycles.